The summed E-state index contributed by atoms with van der Waals surface area (Å²) < 4.78 is 30.9. The van der Waals surface area contributed by atoms with Crippen molar-refractivity contribution in [2.75, 3.05) is 27.2 Å². The van der Waals surface area contributed by atoms with Crippen LogP contribution in [0.25, 0.3) is 0 Å². The highest BCUT2D eigenvalue weighted by Gasteiger charge is 2.10. The van der Waals surface area contributed by atoms with Gasteiger partial charge in [0.15, 0.2) is 0 Å². The summed E-state index contributed by atoms with van der Waals surface area (Å²) in [5, 5.41) is 2.88. The third-order valence-corrected chi connectivity index (χ3v) is 3.55. The lowest BCUT2D eigenvalue weighted by atomic mass is 10.2. The molecule has 0 aliphatic heterocycles. The van der Waals surface area contributed by atoms with Crippen LogP contribution in [-0.4, -0.2) is 35.7 Å². The Morgan fingerprint density at radius 2 is 2.06 bits per heavy atom. The van der Waals surface area contributed by atoms with Gasteiger partial charge in [-0.15, -0.1) is 0 Å². The fraction of sp³-hybridized carbons (Fsp3) is 0.455. The fourth-order valence-electron chi connectivity index (χ4n) is 1.36. The van der Waals surface area contributed by atoms with Crippen molar-refractivity contribution >= 4 is 10.0 Å². The highest BCUT2D eigenvalue weighted by Crippen LogP contribution is 2.14. The standard InChI is InChI=1S/C11H18N2O3S/c1-12-6-7-13-17(14,15)9-10-4-3-5-11(8-10)16-2/h3-5,8,12-13H,6-7,9H2,1-2H3. The van der Waals surface area contributed by atoms with Gasteiger partial charge in [-0.3, -0.25) is 0 Å². The van der Waals surface area contributed by atoms with E-state index in [2.05, 4.69) is 10.0 Å². The van der Waals surface area contributed by atoms with Crippen LogP contribution in [0.5, 0.6) is 5.75 Å². The molecule has 0 saturated carbocycles. The van der Waals surface area contributed by atoms with Gasteiger partial charge in [0.05, 0.1) is 12.9 Å². The zero-order valence-electron chi connectivity index (χ0n) is 10.1. The van der Waals surface area contributed by atoms with Crippen molar-refractivity contribution in [1.82, 2.24) is 10.0 Å². The summed E-state index contributed by atoms with van der Waals surface area (Å²) >= 11 is 0. The number of hydrogen-bond donors (Lipinski definition) is 2. The lowest BCUT2D eigenvalue weighted by Crippen LogP contribution is -2.31. The molecule has 0 saturated heterocycles. The minimum atomic E-state index is -3.28. The average Bonchev–Trinajstić information content (AvgIpc) is 2.29. The van der Waals surface area contributed by atoms with E-state index in [0.29, 0.717) is 24.4 Å². The van der Waals surface area contributed by atoms with Crippen LogP contribution in [0.2, 0.25) is 0 Å². The summed E-state index contributed by atoms with van der Waals surface area (Å²) in [5.74, 6) is 0.626. The van der Waals surface area contributed by atoms with E-state index < -0.39 is 10.0 Å². The van der Waals surface area contributed by atoms with Crippen LogP contribution >= 0.6 is 0 Å². The van der Waals surface area contributed by atoms with E-state index in [1.165, 1.54) is 0 Å². The second kappa shape index (κ2) is 6.58. The van der Waals surface area contributed by atoms with Gasteiger partial charge < -0.3 is 10.1 Å². The number of methoxy groups -OCH3 is 1. The van der Waals surface area contributed by atoms with E-state index in [9.17, 15) is 8.42 Å². The molecule has 0 bridgehead atoms. The number of rotatable bonds is 7. The van der Waals surface area contributed by atoms with Crippen molar-refractivity contribution < 1.29 is 13.2 Å². The molecule has 0 radical (unpaired) electrons. The summed E-state index contributed by atoms with van der Waals surface area (Å²) in [6.07, 6.45) is 0. The first kappa shape index (κ1) is 14.0. The van der Waals surface area contributed by atoms with Gasteiger partial charge in [0.1, 0.15) is 5.75 Å². The molecule has 0 heterocycles. The number of likely N-dealkylation sites (N-methyl/N-ethyl adjacent to an activating group) is 1. The van der Waals surface area contributed by atoms with Crippen LogP contribution in [0.1, 0.15) is 5.56 Å². The Balaban J connectivity index is 2.62. The Hall–Kier alpha value is -1.11. The van der Waals surface area contributed by atoms with E-state index in [-0.39, 0.29) is 5.75 Å². The molecule has 6 heteroatoms. The molecule has 0 aliphatic carbocycles. The highest BCUT2D eigenvalue weighted by molar-refractivity contribution is 7.88. The monoisotopic (exact) mass is 258 g/mol. The molecule has 1 aromatic rings. The first-order valence-corrected chi connectivity index (χ1v) is 6.97. The molecule has 96 valence electrons. The van der Waals surface area contributed by atoms with Crippen molar-refractivity contribution in [1.29, 1.82) is 0 Å². The molecule has 1 rings (SSSR count). The van der Waals surface area contributed by atoms with E-state index in [0.717, 1.165) is 0 Å². The number of sulfonamides is 1. The van der Waals surface area contributed by atoms with Crippen LogP contribution in [0.4, 0.5) is 0 Å². The summed E-state index contributed by atoms with van der Waals surface area (Å²) in [6.45, 7) is 1.00. The number of hydrogen-bond acceptors (Lipinski definition) is 4. The van der Waals surface area contributed by atoms with Crippen molar-refractivity contribution in [3.05, 3.63) is 29.8 Å². The first-order chi connectivity index (χ1) is 8.07. The minimum absolute atomic E-state index is 0.0338. The molecule has 0 spiro atoms. The smallest absolute Gasteiger partial charge is 0.215 e. The summed E-state index contributed by atoms with van der Waals surface area (Å²) in [7, 11) is 0.0511. The van der Waals surface area contributed by atoms with Crippen LogP contribution in [0.15, 0.2) is 24.3 Å². The molecular formula is C11H18N2O3S. The fourth-order valence-corrected chi connectivity index (χ4v) is 2.50. The highest BCUT2D eigenvalue weighted by atomic mass is 32.2. The summed E-state index contributed by atoms with van der Waals surface area (Å²) in [6, 6.07) is 7.04. The molecule has 0 aromatic heterocycles. The van der Waals surface area contributed by atoms with Crippen molar-refractivity contribution in [3.63, 3.8) is 0 Å². The zero-order chi connectivity index (χ0) is 12.7. The van der Waals surface area contributed by atoms with Crippen LogP contribution in [0.3, 0.4) is 0 Å². The number of ether oxygens (including phenoxy) is 1. The Kier molecular flexibility index (Phi) is 5.40. The number of benzene rings is 1. The SMILES string of the molecule is CNCCNS(=O)(=O)Cc1cccc(OC)c1. The van der Waals surface area contributed by atoms with Crippen LogP contribution < -0.4 is 14.8 Å². The first-order valence-electron chi connectivity index (χ1n) is 5.32. The maximum absolute atomic E-state index is 11.7. The molecule has 5 nitrogen and oxygen atoms in total. The summed E-state index contributed by atoms with van der Waals surface area (Å²) in [5.41, 5.74) is 0.710. The average molecular weight is 258 g/mol. The predicted molar refractivity (Wildman–Crippen MR) is 67.5 cm³/mol. The Morgan fingerprint density at radius 3 is 2.71 bits per heavy atom. The van der Waals surface area contributed by atoms with E-state index in [4.69, 9.17) is 4.74 Å². The van der Waals surface area contributed by atoms with Gasteiger partial charge in [0.2, 0.25) is 10.0 Å². The van der Waals surface area contributed by atoms with E-state index in [1.807, 2.05) is 0 Å². The Labute approximate surface area is 102 Å². The third-order valence-electron chi connectivity index (χ3n) is 2.19. The van der Waals surface area contributed by atoms with Crippen LogP contribution in [0, 0.1) is 0 Å². The largest absolute Gasteiger partial charge is 0.497 e. The predicted octanol–water partition coefficient (Wildman–Crippen LogP) is 0.334. The van der Waals surface area contributed by atoms with E-state index in [1.54, 1.807) is 38.4 Å². The van der Waals surface area contributed by atoms with Gasteiger partial charge in [-0.25, -0.2) is 13.1 Å². The molecule has 0 unspecified atom stereocenters. The molecule has 0 fully saturated rings. The second-order valence-corrected chi connectivity index (χ2v) is 5.42. The quantitative estimate of drug-likeness (QED) is 0.692. The molecule has 17 heavy (non-hydrogen) atoms. The van der Waals surface area contributed by atoms with Crippen molar-refractivity contribution in [2.24, 2.45) is 0 Å². The van der Waals surface area contributed by atoms with Gasteiger partial charge in [-0.05, 0) is 24.7 Å². The lowest BCUT2D eigenvalue weighted by Gasteiger charge is -2.07. The maximum Gasteiger partial charge on any atom is 0.215 e. The third kappa shape index (κ3) is 5.16. The summed E-state index contributed by atoms with van der Waals surface area (Å²) in [4.78, 5) is 0. The Morgan fingerprint density at radius 1 is 1.29 bits per heavy atom. The van der Waals surface area contributed by atoms with Crippen molar-refractivity contribution in [3.8, 4) is 5.75 Å². The second-order valence-electron chi connectivity index (χ2n) is 3.61. The van der Waals surface area contributed by atoms with Gasteiger partial charge in [0.25, 0.3) is 0 Å². The van der Waals surface area contributed by atoms with Gasteiger partial charge >= 0.3 is 0 Å². The lowest BCUT2D eigenvalue weighted by molar-refractivity contribution is 0.414. The van der Waals surface area contributed by atoms with Crippen molar-refractivity contribution in [2.45, 2.75) is 5.75 Å². The van der Waals surface area contributed by atoms with Crippen LogP contribution in [-0.2, 0) is 15.8 Å². The normalized spacial score (nSPS) is 11.4. The molecule has 0 atom stereocenters. The maximum atomic E-state index is 11.7. The van der Waals surface area contributed by atoms with E-state index >= 15 is 0 Å². The molecule has 0 amide bonds. The van der Waals surface area contributed by atoms with Gasteiger partial charge in [-0.2, -0.15) is 0 Å². The van der Waals surface area contributed by atoms with Gasteiger partial charge in [0, 0.05) is 13.1 Å². The topological polar surface area (TPSA) is 67.4 Å². The van der Waals surface area contributed by atoms with Gasteiger partial charge in [-0.1, -0.05) is 12.1 Å². The molecule has 1 aromatic carbocycles. The molecule has 0 aliphatic rings. The zero-order valence-corrected chi connectivity index (χ0v) is 10.9. The Bertz CT molecular complexity index is 446. The molecule has 2 N–H and O–H groups in total. The number of nitrogens with one attached hydrogen (secondary N) is 2. The minimum Gasteiger partial charge on any atom is -0.497 e. The molecular weight excluding hydrogens is 240 g/mol.